The number of aromatic nitrogens is 2. The molecule has 0 aliphatic heterocycles. The zero-order valence-corrected chi connectivity index (χ0v) is 15.4. The maximum atomic E-state index is 12.7. The maximum Gasteiger partial charge on any atom is 0.270 e. The Labute approximate surface area is 167 Å². The highest BCUT2D eigenvalue weighted by atomic mass is 16.2. The van der Waals surface area contributed by atoms with Gasteiger partial charge in [-0.2, -0.15) is 0 Å². The molecule has 0 radical (unpaired) electrons. The van der Waals surface area contributed by atoms with Crippen molar-refractivity contribution in [2.24, 2.45) is 0 Å². The number of para-hydroxylation sites is 1. The molecule has 0 unspecified atom stereocenters. The minimum atomic E-state index is -0.295. The van der Waals surface area contributed by atoms with E-state index in [1.165, 1.54) is 6.33 Å². The Kier molecular flexibility index (Phi) is 5.06. The van der Waals surface area contributed by atoms with Crippen LogP contribution in [0.5, 0.6) is 0 Å². The summed E-state index contributed by atoms with van der Waals surface area (Å²) in [6.45, 7) is 0. The van der Waals surface area contributed by atoms with Gasteiger partial charge in [-0.05, 0) is 29.0 Å². The molecule has 4 rings (SSSR count). The number of carbonyl (C=O) groups is 1. The van der Waals surface area contributed by atoms with Crippen molar-refractivity contribution in [3.8, 4) is 0 Å². The van der Waals surface area contributed by atoms with Gasteiger partial charge < -0.3 is 5.73 Å². The van der Waals surface area contributed by atoms with Crippen molar-refractivity contribution < 1.29 is 4.79 Å². The van der Waals surface area contributed by atoms with E-state index in [0.29, 0.717) is 11.4 Å². The topological polar surface area (TPSA) is 117 Å². The molecule has 144 valence electrons. The van der Waals surface area contributed by atoms with Crippen LogP contribution in [0.1, 0.15) is 10.4 Å². The number of hydrazine groups is 2. The molecule has 1 aromatic heterocycles. The van der Waals surface area contributed by atoms with Crippen LogP contribution in [0.25, 0.3) is 10.8 Å². The number of nitrogens with zero attached hydrogens (tertiary/aromatic N) is 2. The molecule has 8 nitrogen and oxygen atoms in total. The summed E-state index contributed by atoms with van der Waals surface area (Å²) in [6, 6.07) is 22.8. The van der Waals surface area contributed by atoms with Gasteiger partial charge in [-0.15, -0.1) is 0 Å². The first-order valence-electron chi connectivity index (χ1n) is 8.94. The van der Waals surface area contributed by atoms with E-state index in [1.807, 2.05) is 66.7 Å². The Morgan fingerprint density at radius 3 is 2.28 bits per heavy atom. The predicted molar refractivity (Wildman–Crippen MR) is 115 cm³/mol. The lowest BCUT2D eigenvalue weighted by atomic mass is 10.0. The maximum absolute atomic E-state index is 12.7. The number of rotatable bonds is 6. The first kappa shape index (κ1) is 18.1. The van der Waals surface area contributed by atoms with Gasteiger partial charge in [0, 0.05) is 5.56 Å². The van der Waals surface area contributed by atoms with Crippen LogP contribution in [0.15, 0.2) is 79.1 Å². The number of nitrogens with one attached hydrogen (secondary N) is 4. The van der Waals surface area contributed by atoms with Gasteiger partial charge in [0.25, 0.3) is 5.91 Å². The number of benzene rings is 3. The molecule has 29 heavy (non-hydrogen) atoms. The third kappa shape index (κ3) is 4.01. The summed E-state index contributed by atoms with van der Waals surface area (Å²) in [6.07, 6.45) is 1.35. The van der Waals surface area contributed by atoms with Crippen molar-refractivity contribution in [2.75, 3.05) is 22.0 Å². The second-order valence-electron chi connectivity index (χ2n) is 6.21. The van der Waals surface area contributed by atoms with Gasteiger partial charge in [-0.1, -0.05) is 54.6 Å². The largest absolute Gasteiger partial charge is 0.393 e. The van der Waals surface area contributed by atoms with Gasteiger partial charge in [0.2, 0.25) is 0 Å². The Morgan fingerprint density at radius 1 is 0.759 bits per heavy atom. The molecule has 0 saturated heterocycles. The number of hydrogen-bond acceptors (Lipinski definition) is 7. The molecule has 6 N–H and O–H groups in total. The summed E-state index contributed by atoms with van der Waals surface area (Å²) in [4.78, 5) is 20.9. The highest BCUT2D eigenvalue weighted by Gasteiger charge is 2.12. The lowest BCUT2D eigenvalue weighted by molar-refractivity contribution is 0.0964. The van der Waals surface area contributed by atoms with Gasteiger partial charge in [0.05, 0.1) is 5.69 Å². The molecule has 1 amide bonds. The molecule has 4 aromatic rings. The normalized spacial score (nSPS) is 10.3. The van der Waals surface area contributed by atoms with Gasteiger partial charge >= 0.3 is 0 Å². The van der Waals surface area contributed by atoms with Crippen molar-refractivity contribution in [1.82, 2.24) is 15.4 Å². The van der Waals surface area contributed by atoms with Crippen molar-refractivity contribution >= 4 is 39.7 Å². The zero-order valence-electron chi connectivity index (χ0n) is 15.4. The quantitative estimate of drug-likeness (QED) is 0.323. The van der Waals surface area contributed by atoms with Crippen LogP contribution in [-0.4, -0.2) is 15.9 Å². The summed E-state index contributed by atoms with van der Waals surface area (Å²) < 4.78 is 0. The summed E-state index contributed by atoms with van der Waals surface area (Å²) in [5.74, 6) is 0.369. The molecule has 1 heterocycles. The van der Waals surface area contributed by atoms with Gasteiger partial charge in [-0.3, -0.25) is 26.5 Å². The molecular formula is C21H19N7O. The second kappa shape index (κ2) is 8.13. The van der Waals surface area contributed by atoms with Crippen LogP contribution in [0, 0.1) is 0 Å². The number of anilines is 4. The van der Waals surface area contributed by atoms with Crippen LogP contribution in [0.2, 0.25) is 0 Å². The van der Waals surface area contributed by atoms with E-state index in [-0.39, 0.29) is 17.4 Å². The molecular weight excluding hydrogens is 366 g/mol. The Hall–Kier alpha value is -4.33. The van der Waals surface area contributed by atoms with E-state index in [4.69, 9.17) is 5.73 Å². The van der Waals surface area contributed by atoms with E-state index < -0.39 is 0 Å². The minimum absolute atomic E-state index is 0.258. The number of fused-ring (bicyclic) bond motifs is 1. The lowest BCUT2D eigenvalue weighted by Crippen LogP contribution is -2.30. The van der Waals surface area contributed by atoms with Crippen LogP contribution >= 0.6 is 0 Å². The summed E-state index contributed by atoms with van der Waals surface area (Å²) in [7, 11) is 0. The zero-order chi connectivity index (χ0) is 20.1. The monoisotopic (exact) mass is 385 g/mol. The summed E-state index contributed by atoms with van der Waals surface area (Å²) >= 11 is 0. The molecule has 0 aliphatic rings. The molecule has 0 aliphatic carbocycles. The Bertz CT molecular complexity index is 1140. The van der Waals surface area contributed by atoms with E-state index in [9.17, 15) is 4.79 Å². The first-order chi connectivity index (χ1) is 14.2. The van der Waals surface area contributed by atoms with Crippen molar-refractivity contribution in [3.05, 3.63) is 84.7 Å². The van der Waals surface area contributed by atoms with Crippen molar-refractivity contribution in [3.63, 3.8) is 0 Å². The minimum Gasteiger partial charge on any atom is -0.393 e. The molecule has 0 spiro atoms. The number of hydrogen-bond donors (Lipinski definition) is 5. The Morgan fingerprint density at radius 2 is 1.45 bits per heavy atom. The number of nitrogens with two attached hydrogens (primary N) is 1. The van der Waals surface area contributed by atoms with Gasteiger partial charge in [0.1, 0.15) is 12.0 Å². The number of nitrogen functional groups attached to an aromatic ring is 1. The van der Waals surface area contributed by atoms with E-state index in [0.717, 1.165) is 16.5 Å². The van der Waals surface area contributed by atoms with Crippen LogP contribution in [0.3, 0.4) is 0 Å². The fourth-order valence-electron chi connectivity index (χ4n) is 2.85. The van der Waals surface area contributed by atoms with E-state index >= 15 is 0 Å². The fourth-order valence-corrected chi connectivity index (χ4v) is 2.85. The van der Waals surface area contributed by atoms with Crippen LogP contribution in [-0.2, 0) is 0 Å². The van der Waals surface area contributed by atoms with E-state index in [2.05, 4.69) is 31.7 Å². The van der Waals surface area contributed by atoms with Crippen LogP contribution < -0.4 is 27.4 Å². The summed E-state index contributed by atoms with van der Waals surface area (Å²) in [5, 5.41) is 1.85. The molecule has 3 aromatic carbocycles. The average molecular weight is 385 g/mol. The van der Waals surface area contributed by atoms with Crippen LogP contribution in [0.4, 0.5) is 23.0 Å². The van der Waals surface area contributed by atoms with Crippen molar-refractivity contribution in [2.45, 2.75) is 0 Å². The summed E-state index contributed by atoms with van der Waals surface area (Å²) in [5.41, 5.74) is 19.1. The standard InChI is InChI=1S/C21H19N7O/c22-18-19(26-25-15-9-2-1-3-10-15)23-13-24-20(18)27-28-21(29)17-12-6-8-14-7-4-5-11-16(14)17/h1-13,25H,22H2,(H,28,29)(H2,23,24,26,27). The lowest BCUT2D eigenvalue weighted by Gasteiger charge is -2.14. The second-order valence-corrected chi connectivity index (χ2v) is 6.21. The molecule has 0 atom stereocenters. The molecule has 0 bridgehead atoms. The van der Waals surface area contributed by atoms with E-state index in [1.54, 1.807) is 6.07 Å². The molecule has 0 saturated carbocycles. The smallest absolute Gasteiger partial charge is 0.270 e. The van der Waals surface area contributed by atoms with Crippen molar-refractivity contribution in [1.29, 1.82) is 0 Å². The fraction of sp³-hybridized carbons (Fsp3) is 0. The Balaban J connectivity index is 1.46. The third-order valence-electron chi connectivity index (χ3n) is 4.31. The number of carbonyl (C=O) groups excluding carboxylic acids is 1. The third-order valence-corrected chi connectivity index (χ3v) is 4.31. The van der Waals surface area contributed by atoms with Gasteiger partial charge in [0.15, 0.2) is 11.6 Å². The highest BCUT2D eigenvalue weighted by Crippen LogP contribution is 2.22. The SMILES string of the molecule is Nc1c(NNC(=O)c2cccc3ccccc23)ncnc1NNc1ccccc1. The number of amides is 1. The first-order valence-corrected chi connectivity index (χ1v) is 8.94. The predicted octanol–water partition coefficient (Wildman–Crippen LogP) is 3.41. The van der Waals surface area contributed by atoms with Gasteiger partial charge in [-0.25, -0.2) is 9.97 Å². The molecule has 0 fully saturated rings. The average Bonchev–Trinajstić information content (AvgIpc) is 2.77. The molecule has 8 heteroatoms. The highest BCUT2D eigenvalue weighted by molar-refractivity contribution is 6.07.